The van der Waals surface area contributed by atoms with E-state index in [0.29, 0.717) is 11.6 Å². The van der Waals surface area contributed by atoms with Crippen molar-refractivity contribution in [1.29, 1.82) is 0 Å². The Kier molecular flexibility index (Phi) is 4.89. The van der Waals surface area contributed by atoms with Crippen LogP contribution in [0.25, 0.3) is 0 Å². The number of nitrogens with zero attached hydrogens (tertiary/aromatic N) is 3. The molecule has 0 aliphatic rings. The highest BCUT2D eigenvalue weighted by atomic mass is 35.5. The van der Waals surface area contributed by atoms with E-state index in [1.54, 1.807) is 23.1 Å². The Hall–Kier alpha value is -1.43. The second-order valence-electron chi connectivity index (χ2n) is 6.60. The molecule has 2 unspecified atom stereocenters. The minimum atomic E-state index is -1.71. The zero-order chi connectivity index (χ0) is 16.4. The van der Waals surface area contributed by atoms with Gasteiger partial charge in [-0.3, -0.25) is 0 Å². The lowest BCUT2D eigenvalue weighted by Crippen LogP contribution is -2.46. The van der Waals surface area contributed by atoms with Gasteiger partial charge in [-0.2, -0.15) is 5.10 Å². The quantitative estimate of drug-likeness (QED) is 0.646. The van der Waals surface area contributed by atoms with Crippen LogP contribution in [-0.4, -0.2) is 27.9 Å². The molecular formula is C16H22ClN3OSi. The highest BCUT2D eigenvalue weighted by Crippen LogP contribution is 2.43. The van der Waals surface area contributed by atoms with E-state index in [0.717, 1.165) is 5.56 Å². The zero-order valence-electron chi connectivity index (χ0n) is 13.2. The van der Waals surface area contributed by atoms with Crippen molar-refractivity contribution in [3.8, 4) is 0 Å². The van der Waals surface area contributed by atoms with E-state index in [1.807, 2.05) is 18.2 Å². The maximum Gasteiger partial charge on any atom is 0.137 e. The van der Waals surface area contributed by atoms with Crippen molar-refractivity contribution in [1.82, 2.24) is 14.8 Å². The van der Waals surface area contributed by atoms with E-state index >= 15 is 0 Å². The Balaban J connectivity index is 2.52. The molecule has 1 N–H and O–H groups in total. The molecule has 0 spiro atoms. The first kappa shape index (κ1) is 16.9. The maximum atomic E-state index is 11.6. The van der Waals surface area contributed by atoms with Crippen molar-refractivity contribution in [3.05, 3.63) is 60.2 Å². The van der Waals surface area contributed by atoms with Gasteiger partial charge in [-0.15, -0.1) is 6.58 Å². The van der Waals surface area contributed by atoms with Crippen molar-refractivity contribution in [2.75, 3.05) is 0 Å². The Labute approximate surface area is 137 Å². The molecule has 118 valence electrons. The van der Waals surface area contributed by atoms with Crippen molar-refractivity contribution >= 4 is 19.7 Å². The summed E-state index contributed by atoms with van der Waals surface area (Å²) in [4.78, 5) is 3.97. The molecule has 2 rings (SSSR count). The summed E-state index contributed by atoms with van der Waals surface area (Å²) < 4.78 is 1.66. The first-order valence-corrected chi connectivity index (χ1v) is 11.2. The number of aliphatic hydroxyl groups is 1. The number of rotatable bonds is 6. The van der Waals surface area contributed by atoms with E-state index in [1.165, 1.54) is 6.33 Å². The lowest BCUT2D eigenvalue weighted by atomic mass is 9.89. The Morgan fingerprint density at radius 1 is 1.36 bits per heavy atom. The van der Waals surface area contributed by atoms with Gasteiger partial charge in [-0.1, -0.05) is 49.5 Å². The fourth-order valence-electron chi connectivity index (χ4n) is 2.93. The molecule has 0 aliphatic carbocycles. The second-order valence-corrected chi connectivity index (χ2v) is 12.4. The molecule has 4 nitrogen and oxygen atoms in total. The smallest absolute Gasteiger partial charge is 0.137 e. The lowest BCUT2D eigenvalue weighted by Gasteiger charge is -2.41. The second kappa shape index (κ2) is 6.36. The molecule has 0 radical (unpaired) electrons. The van der Waals surface area contributed by atoms with Crippen LogP contribution in [0.1, 0.15) is 5.56 Å². The summed E-state index contributed by atoms with van der Waals surface area (Å²) in [6.07, 6.45) is 4.96. The van der Waals surface area contributed by atoms with E-state index < -0.39 is 13.7 Å². The normalized spacial score (nSPS) is 16.0. The average Bonchev–Trinajstić information content (AvgIpc) is 2.91. The highest BCUT2D eigenvalue weighted by Gasteiger charge is 2.44. The molecule has 1 heterocycles. The van der Waals surface area contributed by atoms with E-state index in [4.69, 9.17) is 11.6 Å². The minimum Gasteiger partial charge on any atom is -0.383 e. The molecule has 1 aromatic heterocycles. The van der Waals surface area contributed by atoms with Crippen LogP contribution in [0.5, 0.6) is 0 Å². The van der Waals surface area contributed by atoms with Crippen LogP contribution in [0.2, 0.25) is 30.2 Å². The monoisotopic (exact) mass is 335 g/mol. The van der Waals surface area contributed by atoms with Gasteiger partial charge in [0.15, 0.2) is 0 Å². The molecular weight excluding hydrogens is 314 g/mol. The third-order valence-electron chi connectivity index (χ3n) is 3.90. The molecule has 0 saturated heterocycles. The summed E-state index contributed by atoms with van der Waals surface area (Å²) in [5.74, 6) is 0. The Morgan fingerprint density at radius 2 is 2.00 bits per heavy atom. The lowest BCUT2D eigenvalue weighted by molar-refractivity contribution is 0.0162. The molecule has 6 heteroatoms. The number of halogens is 1. The molecule has 0 amide bonds. The van der Waals surface area contributed by atoms with Gasteiger partial charge in [0.1, 0.15) is 18.3 Å². The number of benzene rings is 1. The summed E-state index contributed by atoms with van der Waals surface area (Å²) in [5.41, 5.74) is -0.310. The van der Waals surface area contributed by atoms with Gasteiger partial charge < -0.3 is 5.11 Å². The predicted octanol–water partition coefficient (Wildman–Crippen LogP) is 3.71. The largest absolute Gasteiger partial charge is 0.383 e. The van der Waals surface area contributed by atoms with Gasteiger partial charge in [0.05, 0.1) is 14.6 Å². The molecule has 2 atom stereocenters. The third-order valence-corrected chi connectivity index (χ3v) is 6.73. The highest BCUT2D eigenvalue weighted by molar-refractivity contribution is 6.78. The molecule has 0 bridgehead atoms. The summed E-state index contributed by atoms with van der Waals surface area (Å²) in [7, 11) is -1.71. The third kappa shape index (κ3) is 3.48. The van der Waals surface area contributed by atoms with Gasteiger partial charge in [0.25, 0.3) is 0 Å². The van der Waals surface area contributed by atoms with Gasteiger partial charge in [0, 0.05) is 10.6 Å². The van der Waals surface area contributed by atoms with Crippen LogP contribution >= 0.6 is 11.6 Å². The standard InChI is InChI=1S/C16H22ClN3OSi/c1-5-15(22(2,3)4)16(21,10-20-12-18-11-19-20)13-6-8-14(17)9-7-13/h5-9,11-12,15,21H,1,10H2,2-4H3. The van der Waals surface area contributed by atoms with Gasteiger partial charge in [-0.05, 0) is 17.7 Å². The first-order valence-electron chi connectivity index (χ1n) is 7.21. The van der Waals surface area contributed by atoms with Crippen molar-refractivity contribution in [3.63, 3.8) is 0 Å². The average molecular weight is 336 g/mol. The molecule has 22 heavy (non-hydrogen) atoms. The predicted molar refractivity (Wildman–Crippen MR) is 92.7 cm³/mol. The van der Waals surface area contributed by atoms with Crippen molar-refractivity contribution in [2.24, 2.45) is 0 Å². The number of hydrogen-bond acceptors (Lipinski definition) is 3. The summed E-state index contributed by atoms with van der Waals surface area (Å²) in [5, 5.41) is 16.4. The van der Waals surface area contributed by atoms with Crippen LogP contribution < -0.4 is 0 Å². The number of hydrogen-bond donors (Lipinski definition) is 1. The molecule has 2 aromatic rings. The topological polar surface area (TPSA) is 50.9 Å². The zero-order valence-corrected chi connectivity index (χ0v) is 15.0. The Bertz CT molecular complexity index is 622. The van der Waals surface area contributed by atoms with Crippen molar-refractivity contribution in [2.45, 2.75) is 37.3 Å². The van der Waals surface area contributed by atoms with Gasteiger partial charge in [0.2, 0.25) is 0 Å². The summed E-state index contributed by atoms with van der Waals surface area (Å²) in [6.45, 7) is 11.0. The van der Waals surface area contributed by atoms with Gasteiger partial charge >= 0.3 is 0 Å². The van der Waals surface area contributed by atoms with Crippen LogP contribution in [0.15, 0.2) is 49.6 Å². The van der Waals surface area contributed by atoms with E-state index in [9.17, 15) is 5.11 Å². The molecule has 0 aliphatic heterocycles. The Morgan fingerprint density at radius 3 is 2.45 bits per heavy atom. The SMILES string of the molecule is C=CC(C(O)(Cn1cncn1)c1ccc(Cl)cc1)[Si](C)(C)C. The van der Waals surface area contributed by atoms with Crippen LogP contribution in [0, 0.1) is 0 Å². The van der Waals surface area contributed by atoms with Crippen molar-refractivity contribution < 1.29 is 5.11 Å². The van der Waals surface area contributed by atoms with Crippen LogP contribution in [-0.2, 0) is 12.1 Å². The summed E-state index contributed by atoms with van der Waals surface area (Å²) >= 11 is 5.99. The first-order chi connectivity index (χ1) is 10.3. The fraction of sp³-hybridized carbons (Fsp3) is 0.375. The van der Waals surface area contributed by atoms with Crippen LogP contribution in [0.3, 0.4) is 0 Å². The molecule has 0 fully saturated rings. The van der Waals surface area contributed by atoms with E-state index in [2.05, 4.69) is 36.3 Å². The fourth-order valence-corrected chi connectivity index (χ4v) is 5.46. The molecule has 1 aromatic carbocycles. The molecule has 0 saturated carbocycles. The van der Waals surface area contributed by atoms with E-state index in [-0.39, 0.29) is 5.54 Å². The minimum absolute atomic E-state index is 0.0367. The van der Waals surface area contributed by atoms with Crippen LogP contribution in [0.4, 0.5) is 0 Å². The number of aromatic nitrogens is 3. The van der Waals surface area contributed by atoms with Gasteiger partial charge in [-0.25, -0.2) is 9.67 Å². The maximum absolute atomic E-state index is 11.6. The summed E-state index contributed by atoms with van der Waals surface area (Å²) in [6, 6.07) is 7.34.